The number of ether oxygens (including phenoxy) is 1. The van der Waals surface area contributed by atoms with Crippen LogP contribution in [0.1, 0.15) is 23.1 Å². The maximum atomic E-state index is 13.4. The van der Waals surface area contributed by atoms with Gasteiger partial charge in [-0.15, -0.1) is 0 Å². The summed E-state index contributed by atoms with van der Waals surface area (Å²) in [6.45, 7) is 1.87. The van der Waals surface area contributed by atoms with Gasteiger partial charge in [-0.3, -0.25) is 9.59 Å². The van der Waals surface area contributed by atoms with Crippen LogP contribution in [0.25, 0.3) is 0 Å². The van der Waals surface area contributed by atoms with Gasteiger partial charge in [0.1, 0.15) is 29.3 Å². The number of fused-ring (bicyclic) bond motifs is 1. The van der Waals surface area contributed by atoms with Crippen molar-refractivity contribution in [2.75, 3.05) is 42.5 Å². The maximum absolute atomic E-state index is 13.4. The summed E-state index contributed by atoms with van der Waals surface area (Å²) in [6, 6.07) is 12.5. The average Bonchev–Trinajstić information content (AvgIpc) is 2.96. The van der Waals surface area contributed by atoms with Gasteiger partial charge in [-0.1, -0.05) is 0 Å². The van der Waals surface area contributed by atoms with Crippen LogP contribution in [0, 0.1) is 22.7 Å². The van der Waals surface area contributed by atoms with Gasteiger partial charge in [-0.2, -0.15) is 28.8 Å². The molecule has 1 atom stereocenters. The Labute approximate surface area is 225 Å². The molecule has 2 aliphatic heterocycles. The normalized spacial score (nSPS) is 16.9. The summed E-state index contributed by atoms with van der Waals surface area (Å²) in [5.74, 6) is 0.575. The van der Waals surface area contributed by atoms with Gasteiger partial charge in [0.05, 0.1) is 35.8 Å². The number of H-pyrrole nitrogens is 1. The SMILES string of the molecule is N#Cc1ccc(N2CCN(C(=O)C[C@H]3CN(c4cc(C(F)(F)F)c(=O)[nH]n4)c4cc(C#N)ccc4O3)CC2)nc1. The number of pyridine rings is 1. The average molecular weight is 551 g/mol. The predicted octanol–water partition coefficient (Wildman–Crippen LogP) is 2.57. The van der Waals surface area contributed by atoms with E-state index in [4.69, 9.17) is 10.00 Å². The van der Waals surface area contributed by atoms with E-state index in [0.29, 0.717) is 49.3 Å². The lowest BCUT2D eigenvalue weighted by Crippen LogP contribution is -2.50. The second-order valence-corrected chi connectivity index (χ2v) is 9.20. The molecule has 11 nitrogen and oxygen atoms in total. The number of carbonyl (C=O) groups is 1. The minimum Gasteiger partial charge on any atom is -0.486 e. The molecule has 204 valence electrons. The van der Waals surface area contributed by atoms with Crippen LogP contribution >= 0.6 is 0 Å². The van der Waals surface area contributed by atoms with E-state index in [1.807, 2.05) is 22.1 Å². The molecule has 40 heavy (non-hydrogen) atoms. The van der Waals surface area contributed by atoms with Gasteiger partial charge in [0.2, 0.25) is 5.91 Å². The zero-order valence-electron chi connectivity index (χ0n) is 20.9. The van der Waals surface area contributed by atoms with Gasteiger partial charge in [0.15, 0.2) is 5.82 Å². The fourth-order valence-corrected chi connectivity index (χ4v) is 4.63. The second kappa shape index (κ2) is 10.6. The number of nitriles is 2. The number of nitrogens with one attached hydrogen (secondary N) is 1. The molecule has 2 aliphatic rings. The van der Waals surface area contributed by atoms with Crippen LogP contribution in [0.4, 0.5) is 30.5 Å². The number of aromatic nitrogens is 3. The molecule has 14 heteroatoms. The van der Waals surface area contributed by atoms with Gasteiger partial charge in [-0.25, -0.2) is 10.1 Å². The van der Waals surface area contributed by atoms with Gasteiger partial charge in [0, 0.05) is 38.4 Å². The molecule has 0 saturated carbocycles. The summed E-state index contributed by atoms with van der Waals surface area (Å²) in [6.07, 6.45) is -4.21. The number of piperazine rings is 1. The van der Waals surface area contributed by atoms with Crippen molar-refractivity contribution in [2.24, 2.45) is 0 Å². The lowest BCUT2D eigenvalue weighted by molar-refractivity contribution is -0.138. The molecular weight excluding hydrogens is 529 g/mol. The Kier molecular flexibility index (Phi) is 7.00. The Bertz CT molecular complexity index is 1570. The van der Waals surface area contributed by atoms with Crippen molar-refractivity contribution in [1.82, 2.24) is 20.1 Å². The van der Waals surface area contributed by atoms with Crippen molar-refractivity contribution in [3.8, 4) is 17.9 Å². The lowest BCUT2D eigenvalue weighted by atomic mass is 10.1. The molecule has 0 radical (unpaired) electrons. The molecule has 3 aromatic rings. The number of alkyl halides is 3. The van der Waals surface area contributed by atoms with E-state index in [0.717, 1.165) is 0 Å². The Morgan fingerprint density at radius 1 is 1.05 bits per heavy atom. The predicted molar refractivity (Wildman–Crippen MR) is 135 cm³/mol. The number of anilines is 3. The first-order valence-electron chi connectivity index (χ1n) is 12.2. The van der Waals surface area contributed by atoms with E-state index in [9.17, 15) is 28.0 Å². The van der Waals surface area contributed by atoms with Crippen molar-refractivity contribution >= 4 is 23.2 Å². The number of rotatable bonds is 4. The first kappa shape index (κ1) is 26.5. The topological polar surface area (TPSA) is 142 Å². The van der Waals surface area contributed by atoms with Crippen LogP contribution in [0.2, 0.25) is 0 Å². The standard InChI is InChI=1S/C26H21F3N8O3/c27-26(28,29)19-11-23(33-34-25(19)39)37-15-18(40-21-3-1-16(12-30)9-20(21)37)10-24(38)36-7-5-35(6-8-36)22-4-2-17(13-31)14-32-22/h1-4,9,11,14,18H,5-8,10,15H2,(H,34,39)/t18-/m0/s1. The summed E-state index contributed by atoms with van der Waals surface area (Å²) >= 11 is 0. The van der Waals surface area contributed by atoms with E-state index in [1.54, 1.807) is 17.0 Å². The Morgan fingerprint density at radius 2 is 1.77 bits per heavy atom. The first-order chi connectivity index (χ1) is 19.2. The van der Waals surface area contributed by atoms with E-state index >= 15 is 0 Å². The third-order valence-electron chi connectivity index (χ3n) is 6.67. The molecular formula is C26H21F3N8O3. The third kappa shape index (κ3) is 5.37. The van der Waals surface area contributed by atoms with E-state index in [2.05, 4.69) is 10.1 Å². The summed E-state index contributed by atoms with van der Waals surface area (Å²) in [4.78, 5) is 34.3. The van der Waals surface area contributed by atoms with Crippen LogP contribution in [-0.2, 0) is 11.0 Å². The largest absolute Gasteiger partial charge is 0.486 e. The fraction of sp³-hybridized carbons (Fsp3) is 0.308. The quantitative estimate of drug-likeness (QED) is 0.519. The van der Waals surface area contributed by atoms with Gasteiger partial charge < -0.3 is 19.4 Å². The van der Waals surface area contributed by atoms with Crippen molar-refractivity contribution in [3.63, 3.8) is 0 Å². The summed E-state index contributed by atoms with van der Waals surface area (Å²) in [5, 5.41) is 24.0. The monoisotopic (exact) mass is 550 g/mol. The van der Waals surface area contributed by atoms with Gasteiger partial charge in [0.25, 0.3) is 5.56 Å². The van der Waals surface area contributed by atoms with Crippen LogP contribution in [0.3, 0.4) is 0 Å². The van der Waals surface area contributed by atoms with E-state index < -0.39 is 23.4 Å². The number of benzene rings is 1. The first-order valence-corrected chi connectivity index (χ1v) is 12.2. The molecule has 1 aromatic carbocycles. The zero-order chi connectivity index (χ0) is 28.4. The number of nitrogens with zero attached hydrogens (tertiary/aromatic N) is 7. The van der Waals surface area contributed by atoms with Crippen molar-refractivity contribution < 1.29 is 22.7 Å². The highest BCUT2D eigenvalue weighted by Gasteiger charge is 2.37. The second-order valence-electron chi connectivity index (χ2n) is 9.20. The number of halogens is 3. The Hall–Kier alpha value is -5.11. The molecule has 1 amide bonds. The minimum atomic E-state index is -4.90. The fourth-order valence-electron chi connectivity index (χ4n) is 4.63. The molecule has 0 spiro atoms. The lowest BCUT2D eigenvalue weighted by Gasteiger charge is -2.38. The van der Waals surface area contributed by atoms with Gasteiger partial charge >= 0.3 is 6.18 Å². The molecule has 0 unspecified atom stereocenters. The molecule has 5 rings (SSSR count). The number of hydrogen-bond acceptors (Lipinski definition) is 9. The zero-order valence-corrected chi connectivity index (χ0v) is 20.9. The van der Waals surface area contributed by atoms with E-state index in [-0.39, 0.29) is 36.0 Å². The van der Waals surface area contributed by atoms with Crippen molar-refractivity contribution in [2.45, 2.75) is 18.7 Å². The highest BCUT2D eigenvalue weighted by atomic mass is 19.4. The Morgan fingerprint density at radius 3 is 2.42 bits per heavy atom. The third-order valence-corrected chi connectivity index (χ3v) is 6.67. The van der Waals surface area contributed by atoms with Crippen LogP contribution in [0.15, 0.2) is 47.4 Å². The molecule has 1 N–H and O–H groups in total. The molecule has 1 fully saturated rings. The minimum absolute atomic E-state index is 0.0426. The van der Waals surface area contributed by atoms with Crippen LogP contribution in [0.5, 0.6) is 5.75 Å². The number of carbonyl (C=O) groups excluding carboxylic acids is 1. The van der Waals surface area contributed by atoms with E-state index in [1.165, 1.54) is 29.3 Å². The van der Waals surface area contributed by atoms with Crippen LogP contribution in [-0.4, -0.2) is 64.8 Å². The summed E-state index contributed by atoms with van der Waals surface area (Å²) < 4.78 is 46.3. The molecule has 4 heterocycles. The van der Waals surface area contributed by atoms with Gasteiger partial charge in [-0.05, 0) is 30.3 Å². The number of hydrogen-bond donors (Lipinski definition) is 1. The number of aromatic amines is 1. The van der Waals surface area contributed by atoms with Crippen molar-refractivity contribution in [3.05, 3.63) is 69.6 Å². The highest BCUT2D eigenvalue weighted by Crippen LogP contribution is 2.39. The Balaban J connectivity index is 1.32. The highest BCUT2D eigenvalue weighted by molar-refractivity contribution is 5.78. The van der Waals surface area contributed by atoms with Crippen molar-refractivity contribution in [1.29, 1.82) is 10.5 Å². The summed E-state index contributed by atoms with van der Waals surface area (Å²) in [7, 11) is 0. The maximum Gasteiger partial charge on any atom is 0.421 e. The molecule has 1 saturated heterocycles. The summed E-state index contributed by atoms with van der Waals surface area (Å²) in [5.41, 5.74) is -1.80. The molecule has 0 bridgehead atoms. The van der Waals surface area contributed by atoms with Crippen LogP contribution < -0.4 is 20.1 Å². The number of amides is 1. The molecule has 0 aliphatic carbocycles. The molecule has 2 aromatic heterocycles. The smallest absolute Gasteiger partial charge is 0.421 e.